The molecule has 8 atom stereocenters. The van der Waals surface area contributed by atoms with Gasteiger partial charge < -0.3 is 9.47 Å². The van der Waals surface area contributed by atoms with Crippen molar-refractivity contribution in [3.8, 4) is 0 Å². The highest BCUT2D eigenvalue weighted by Crippen LogP contribution is 2.57. The zero-order valence-corrected chi connectivity index (χ0v) is 13.3. The molecule has 2 saturated carbocycles. The molecular formula is C16H26O2S. The average Bonchev–Trinajstić information content (AvgIpc) is 3.13. The van der Waals surface area contributed by atoms with Crippen LogP contribution in [0, 0.1) is 11.8 Å². The maximum absolute atomic E-state index is 5.93. The summed E-state index contributed by atoms with van der Waals surface area (Å²) < 4.78 is 11.9. The summed E-state index contributed by atoms with van der Waals surface area (Å²) in [5.74, 6) is 1.50. The lowest BCUT2D eigenvalue weighted by atomic mass is 9.83. The maximum atomic E-state index is 5.93. The van der Waals surface area contributed by atoms with Gasteiger partial charge in [0.2, 0.25) is 0 Å². The molecule has 0 radical (unpaired) electrons. The molecule has 8 unspecified atom stereocenters. The van der Waals surface area contributed by atoms with Gasteiger partial charge in [0, 0.05) is 10.5 Å². The number of thioether (sulfide) groups is 1. The van der Waals surface area contributed by atoms with Crippen LogP contribution >= 0.6 is 11.8 Å². The molecule has 0 aromatic heterocycles. The second-order valence-electron chi connectivity index (χ2n) is 7.92. The highest BCUT2D eigenvalue weighted by molar-refractivity contribution is 8.00. The van der Waals surface area contributed by atoms with Gasteiger partial charge in [0.1, 0.15) is 0 Å². The Balaban J connectivity index is 1.39. The third-order valence-corrected chi connectivity index (χ3v) is 7.32. The van der Waals surface area contributed by atoms with E-state index in [1.54, 1.807) is 0 Å². The van der Waals surface area contributed by atoms with E-state index in [0.29, 0.717) is 12.2 Å². The minimum Gasteiger partial charge on any atom is -0.366 e. The van der Waals surface area contributed by atoms with E-state index in [-0.39, 0.29) is 11.2 Å². The van der Waals surface area contributed by atoms with E-state index < -0.39 is 0 Å². The van der Waals surface area contributed by atoms with Gasteiger partial charge in [-0.2, -0.15) is 11.8 Å². The van der Waals surface area contributed by atoms with Crippen molar-refractivity contribution in [1.29, 1.82) is 0 Å². The van der Waals surface area contributed by atoms with Crippen LogP contribution in [0.1, 0.15) is 53.4 Å². The second kappa shape index (κ2) is 3.92. The van der Waals surface area contributed by atoms with E-state index >= 15 is 0 Å². The predicted octanol–water partition coefficient (Wildman–Crippen LogP) is 3.63. The van der Waals surface area contributed by atoms with Gasteiger partial charge in [-0.25, -0.2) is 0 Å². The standard InChI is InChI=1S/C16H26O2S/c1-9-5-11(7-15(3)13(9)17-15)19-12-6-10(2)14-16(4,8-12)18-14/h9-14H,5-8H2,1-4H3. The van der Waals surface area contributed by atoms with Crippen LogP contribution in [0.4, 0.5) is 0 Å². The lowest BCUT2D eigenvalue weighted by Gasteiger charge is -2.33. The zero-order valence-electron chi connectivity index (χ0n) is 12.5. The molecule has 0 N–H and O–H groups in total. The largest absolute Gasteiger partial charge is 0.366 e. The van der Waals surface area contributed by atoms with Crippen molar-refractivity contribution in [3.63, 3.8) is 0 Å². The summed E-state index contributed by atoms with van der Waals surface area (Å²) in [6.45, 7) is 9.36. The highest BCUT2D eigenvalue weighted by Gasteiger charge is 2.61. The number of ether oxygens (including phenoxy) is 2. The average molecular weight is 282 g/mol. The third-order valence-electron chi connectivity index (χ3n) is 5.84. The first-order chi connectivity index (χ1) is 8.90. The van der Waals surface area contributed by atoms with Crippen molar-refractivity contribution in [2.75, 3.05) is 0 Å². The molecular weight excluding hydrogens is 256 g/mol. The molecule has 4 rings (SSSR count). The Bertz CT molecular complexity index is 364. The number of hydrogen-bond acceptors (Lipinski definition) is 3. The van der Waals surface area contributed by atoms with Crippen LogP contribution < -0.4 is 0 Å². The minimum absolute atomic E-state index is 0.220. The lowest BCUT2D eigenvalue weighted by molar-refractivity contribution is 0.300. The summed E-state index contributed by atoms with van der Waals surface area (Å²) in [5.41, 5.74) is 0.441. The Hall–Kier alpha value is 0.270. The molecule has 0 spiro atoms. The molecule has 0 aromatic rings. The third kappa shape index (κ3) is 2.08. The van der Waals surface area contributed by atoms with Gasteiger partial charge in [0.25, 0.3) is 0 Å². The Morgan fingerprint density at radius 3 is 1.63 bits per heavy atom. The number of rotatable bonds is 2. The molecule has 2 aliphatic heterocycles. The summed E-state index contributed by atoms with van der Waals surface area (Å²) in [6, 6.07) is 0. The van der Waals surface area contributed by atoms with E-state index in [1.165, 1.54) is 25.7 Å². The van der Waals surface area contributed by atoms with Crippen LogP contribution in [0.25, 0.3) is 0 Å². The van der Waals surface area contributed by atoms with Crippen molar-refractivity contribution in [3.05, 3.63) is 0 Å². The fourth-order valence-electron chi connectivity index (χ4n) is 4.90. The van der Waals surface area contributed by atoms with Crippen LogP contribution in [-0.4, -0.2) is 33.9 Å². The first kappa shape index (κ1) is 13.0. The Labute approximate surface area is 121 Å². The smallest absolute Gasteiger partial charge is 0.0933 e. The lowest BCUT2D eigenvalue weighted by Crippen LogP contribution is -2.34. The molecule has 2 heterocycles. The minimum atomic E-state index is 0.220. The molecule has 2 saturated heterocycles. The first-order valence-corrected chi connectivity index (χ1v) is 8.85. The van der Waals surface area contributed by atoms with E-state index in [4.69, 9.17) is 9.47 Å². The van der Waals surface area contributed by atoms with Crippen molar-refractivity contribution in [1.82, 2.24) is 0 Å². The maximum Gasteiger partial charge on any atom is 0.0933 e. The van der Waals surface area contributed by atoms with E-state index in [2.05, 4.69) is 39.5 Å². The van der Waals surface area contributed by atoms with E-state index in [0.717, 1.165) is 22.3 Å². The van der Waals surface area contributed by atoms with Crippen molar-refractivity contribution >= 4 is 11.8 Å². The molecule has 4 aliphatic rings. The van der Waals surface area contributed by atoms with Gasteiger partial charge in [-0.1, -0.05) is 13.8 Å². The SMILES string of the molecule is CC1CC(SC2CC(C)C3OC3(C)C2)CC2(C)OC12. The summed E-state index contributed by atoms with van der Waals surface area (Å²) >= 11 is 2.25. The molecule has 0 amide bonds. The van der Waals surface area contributed by atoms with Gasteiger partial charge in [-0.3, -0.25) is 0 Å². The van der Waals surface area contributed by atoms with Gasteiger partial charge in [0.15, 0.2) is 0 Å². The molecule has 4 fully saturated rings. The summed E-state index contributed by atoms with van der Waals surface area (Å²) in [4.78, 5) is 0. The van der Waals surface area contributed by atoms with Crippen LogP contribution in [0.15, 0.2) is 0 Å². The van der Waals surface area contributed by atoms with Gasteiger partial charge in [-0.05, 0) is 51.4 Å². The second-order valence-corrected chi connectivity index (χ2v) is 9.52. The topological polar surface area (TPSA) is 25.1 Å². The van der Waals surface area contributed by atoms with E-state index in [1.807, 2.05) is 0 Å². The van der Waals surface area contributed by atoms with Gasteiger partial charge in [0.05, 0.1) is 23.4 Å². The highest BCUT2D eigenvalue weighted by atomic mass is 32.2. The number of fused-ring (bicyclic) bond motifs is 2. The van der Waals surface area contributed by atoms with E-state index in [9.17, 15) is 0 Å². The first-order valence-electron chi connectivity index (χ1n) is 7.91. The van der Waals surface area contributed by atoms with Crippen molar-refractivity contribution < 1.29 is 9.47 Å². The Morgan fingerprint density at radius 1 is 0.842 bits per heavy atom. The van der Waals surface area contributed by atoms with Crippen LogP contribution in [-0.2, 0) is 9.47 Å². The monoisotopic (exact) mass is 282 g/mol. The molecule has 108 valence electrons. The number of epoxide rings is 2. The molecule has 3 heteroatoms. The van der Waals surface area contributed by atoms with Crippen molar-refractivity contribution in [2.24, 2.45) is 11.8 Å². The predicted molar refractivity (Wildman–Crippen MR) is 78.5 cm³/mol. The Morgan fingerprint density at radius 2 is 1.26 bits per heavy atom. The molecule has 0 aromatic carbocycles. The molecule has 19 heavy (non-hydrogen) atoms. The van der Waals surface area contributed by atoms with Crippen molar-refractivity contribution in [2.45, 2.75) is 87.3 Å². The summed E-state index contributed by atoms with van der Waals surface area (Å²) in [6.07, 6.45) is 6.33. The molecule has 2 aliphatic carbocycles. The van der Waals surface area contributed by atoms with Crippen LogP contribution in [0.3, 0.4) is 0 Å². The Kier molecular flexibility index (Phi) is 2.68. The van der Waals surface area contributed by atoms with Crippen LogP contribution in [0.2, 0.25) is 0 Å². The van der Waals surface area contributed by atoms with Crippen LogP contribution in [0.5, 0.6) is 0 Å². The quantitative estimate of drug-likeness (QED) is 0.723. The van der Waals surface area contributed by atoms with Gasteiger partial charge >= 0.3 is 0 Å². The normalized spacial score (nSPS) is 63.2. The summed E-state index contributed by atoms with van der Waals surface area (Å²) in [7, 11) is 0. The number of hydrogen-bond donors (Lipinski definition) is 0. The zero-order chi connectivity index (χ0) is 13.4. The molecule has 0 bridgehead atoms. The fraction of sp³-hybridized carbons (Fsp3) is 1.00. The fourth-order valence-corrected chi connectivity index (χ4v) is 7.13. The summed E-state index contributed by atoms with van der Waals surface area (Å²) in [5, 5.41) is 1.60. The molecule has 2 nitrogen and oxygen atoms in total. The van der Waals surface area contributed by atoms with Gasteiger partial charge in [-0.15, -0.1) is 0 Å².